The first-order valence-electron chi connectivity index (χ1n) is 3.71. The summed E-state index contributed by atoms with van der Waals surface area (Å²) in [5.74, 6) is 0.634. The zero-order chi connectivity index (χ0) is 8.81. The van der Waals surface area contributed by atoms with E-state index < -0.39 is 0 Å². The summed E-state index contributed by atoms with van der Waals surface area (Å²) < 4.78 is 5.32. The molecule has 0 aliphatic carbocycles. The van der Waals surface area contributed by atoms with Gasteiger partial charge < -0.3 is 10.1 Å². The molecular formula is C8H11ClN2O. The topological polar surface area (TPSA) is 34.1 Å². The summed E-state index contributed by atoms with van der Waals surface area (Å²) in [6.07, 6.45) is 3.24. The number of rotatable bonds is 4. The van der Waals surface area contributed by atoms with Crippen LogP contribution in [0.25, 0.3) is 0 Å². The molecule has 0 spiro atoms. The summed E-state index contributed by atoms with van der Waals surface area (Å²) in [5.41, 5.74) is 0. The summed E-state index contributed by atoms with van der Waals surface area (Å²) in [7, 11) is 1.87. The van der Waals surface area contributed by atoms with E-state index in [1.165, 1.54) is 0 Å². The number of likely N-dealkylation sites (N-methyl/N-ethyl adjacent to an activating group) is 1. The first kappa shape index (κ1) is 9.29. The number of nitrogens with one attached hydrogen (secondary N) is 1. The fraction of sp³-hybridized carbons (Fsp3) is 0.375. The third-order valence-corrected chi connectivity index (χ3v) is 1.66. The summed E-state index contributed by atoms with van der Waals surface area (Å²) in [6.45, 7) is 1.40. The van der Waals surface area contributed by atoms with Gasteiger partial charge in [-0.2, -0.15) is 0 Å². The Bertz CT molecular complexity index is 242. The minimum absolute atomic E-state index is 0.598. The van der Waals surface area contributed by atoms with Crippen molar-refractivity contribution < 1.29 is 4.74 Å². The highest BCUT2D eigenvalue weighted by Crippen LogP contribution is 2.21. The Morgan fingerprint density at radius 1 is 1.67 bits per heavy atom. The Hall–Kier alpha value is -0.800. The molecule has 0 aliphatic rings. The van der Waals surface area contributed by atoms with Crippen LogP contribution in [0.2, 0.25) is 5.02 Å². The van der Waals surface area contributed by atoms with E-state index in [1.807, 2.05) is 7.05 Å². The van der Waals surface area contributed by atoms with Crippen LogP contribution in [0.5, 0.6) is 5.75 Å². The quantitative estimate of drug-likeness (QED) is 0.721. The molecule has 4 heteroatoms. The van der Waals surface area contributed by atoms with E-state index in [4.69, 9.17) is 16.3 Å². The van der Waals surface area contributed by atoms with Crippen LogP contribution >= 0.6 is 11.6 Å². The van der Waals surface area contributed by atoms with Crippen LogP contribution < -0.4 is 10.1 Å². The average molecular weight is 187 g/mol. The van der Waals surface area contributed by atoms with Gasteiger partial charge in [0.25, 0.3) is 0 Å². The van der Waals surface area contributed by atoms with E-state index in [0.717, 1.165) is 6.54 Å². The van der Waals surface area contributed by atoms with Gasteiger partial charge in [-0.3, -0.25) is 4.98 Å². The third kappa shape index (κ3) is 2.68. The number of hydrogen-bond acceptors (Lipinski definition) is 3. The molecule has 0 aromatic carbocycles. The Labute approximate surface area is 76.7 Å². The maximum atomic E-state index is 5.82. The standard InChI is InChI=1S/C8H11ClN2O/c1-10-4-5-12-8-6-11-3-2-7(8)9/h2-3,6,10H,4-5H2,1H3. The van der Waals surface area contributed by atoms with Gasteiger partial charge in [-0.25, -0.2) is 0 Å². The molecule has 12 heavy (non-hydrogen) atoms. The first-order chi connectivity index (χ1) is 5.84. The zero-order valence-electron chi connectivity index (χ0n) is 6.88. The Balaban J connectivity index is 2.46. The van der Waals surface area contributed by atoms with Crippen LogP contribution in [0.1, 0.15) is 0 Å². The van der Waals surface area contributed by atoms with Gasteiger partial charge in [0.2, 0.25) is 0 Å². The van der Waals surface area contributed by atoms with Gasteiger partial charge in [0.1, 0.15) is 6.61 Å². The van der Waals surface area contributed by atoms with Crippen molar-refractivity contribution in [2.45, 2.75) is 0 Å². The van der Waals surface area contributed by atoms with E-state index in [1.54, 1.807) is 18.5 Å². The molecule has 0 saturated heterocycles. The molecular weight excluding hydrogens is 176 g/mol. The van der Waals surface area contributed by atoms with Crippen molar-refractivity contribution in [1.82, 2.24) is 10.3 Å². The molecule has 1 rings (SSSR count). The Morgan fingerprint density at radius 3 is 3.17 bits per heavy atom. The van der Waals surface area contributed by atoms with Gasteiger partial charge >= 0.3 is 0 Å². The lowest BCUT2D eigenvalue weighted by Crippen LogP contribution is -2.16. The van der Waals surface area contributed by atoms with Crippen LogP contribution in [0.15, 0.2) is 18.5 Å². The van der Waals surface area contributed by atoms with Gasteiger partial charge in [0.05, 0.1) is 11.2 Å². The monoisotopic (exact) mass is 186 g/mol. The maximum Gasteiger partial charge on any atom is 0.156 e. The van der Waals surface area contributed by atoms with Crippen molar-refractivity contribution in [2.24, 2.45) is 0 Å². The molecule has 0 radical (unpaired) electrons. The number of pyridine rings is 1. The molecule has 0 unspecified atom stereocenters. The molecule has 0 atom stereocenters. The van der Waals surface area contributed by atoms with Gasteiger partial charge in [0, 0.05) is 12.7 Å². The zero-order valence-corrected chi connectivity index (χ0v) is 7.64. The maximum absolute atomic E-state index is 5.82. The molecule has 0 bridgehead atoms. The summed E-state index contributed by atoms with van der Waals surface area (Å²) in [5, 5.41) is 3.57. The number of aromatic nitrogens is 1. The van der Waals surface area contributed by atoms with E-state index in [0.29, 0.717) is 17.4 Å². The molecule has 1 aromatic heterocycles. The molecule has 0 amide bonds. The number of nitrogens with zero attached hydrogens (tertiary/aromatic N) is 1. The summed E-state index contributed by atoms with van der Waals surface area (Å²) in [4.78, 5) is 3.89. The lowest BCUT2D eigenvalue weighted by atomic mass is 10.4. The number of hydrogen-bond donors (Lipinski definition) is 1. The predicted molar refractivity (Wildman–Crippen MR) is 48.7 cm³/mol. The lowest BCUT2D eigenvalue weighted by Gasteiger charge is -2.05. The van der Waals surface area contributed by atoms with E-state index in [9.17, 15) is 0 Å². The fourth-order valence-electron chi connectivity index (χ4n) is 0.732. The molecule has 0 fully saturated rings. The van der Waals surface area contributed by atoms with Crippen LogP contribution in [-0.2, 0) is 0 Å². The molecule has 1 aromatic rings. The molecule has 0 saturated carbocycles. The van der Waals surface area contributed by atoms with Crippen LogP contribution in [0, 0.1) is 0 Å². The van der Waals surface area contributed by atoms with Gasteiger partial charge in [-0.05, 0) is 13.1 Å². The van der Waals surface area contributed by atoms with Crippen LogP contribution in [0.3, 0.4) is 0 Å². The minimum Gasteiger partial charge on any atom is -0.489 e. The van der Waals surface area contributed by atoms with Gasteiger partial charge in [-0.1, -0.05) is 11.6 Å². The number of ether oxygens (including phenoxy) is 1. The SMILES string of the molecule is CNCCOc1cnccc1Cl. The van der Waals surface area contributed by atoms with Crippen molar-refractivity contribution >= 4 is 11.6 Å². The van der Waals surface area contributed by atoms with Gasteiger partial charge in [0.15, 0.2) is 5.75 Å². The highest BCUT2D eigenvalue weighted by molar-refractivity contribution is 6.31. The first-order valence-corrected chi connectivity index (χ1v) is 4.09. The van der Waals surface area contributed by atoms with Gasteiger partial charge in [-0.15, -0.1) is 0 Å². The third-order valence-electron chi connectivity index (χ3n) is 1.34. The predicted octanol–water partition coefficient (Wildman–Crippen LogP) is 1.33. The Morgan fingerprint density at radius 2 is 2.50 bits per heavy atom. The summed E-state index contributed by atoms with van der Waals surface area (Å²) >= 11 is 5.82. The van der Waals surface area contributed by atoms with Crippen molar-refractivity contribution in [2.75, 3.05) is 20.2 Å². The lowest BCUT2D eigenvalue weighted by molar-refractivity contribution is 0.317. The van der Waals surface area contributed by atoms with E-state index in [-0.39, 0.29) is 0 Å². The van der Waals surface area contributed by atoms with Crippen LogP contribution in [-0.4, -0.2) is 25.2 Å². The van der Waals surface area contributed by atoms with Crippen molar-refractivity contribution in [1.29, 1.82) is 0 Å². The second-order valence-electron chi connectivity index (χ2n) is 2.26. The smallest absolute Gasteiger partial charge is 0.156 e. The normalized spacial score (nSPS) is 9.83. The fourth-order valence-corrected chi connectivity index (χ4v) is 0.892. The average Bonchev–Trinajstić information content (AvgIpc) is 2.09. The second-order valence-corrected chi connectivity index (χ2v) is 2.67. The molecule has 66 valence electrons. The van der Waals surface area contributed by atoms with E-state index >= 15 is 0 Å². The largest absolute Gasteiger partial charge is 0.489 e. The highest BCUT2D eigenvalue weighted by atomic mass is 35.5. The second kappa shape index (κ2) is 4.95. The van der Waals surface area contributed by atoms with Crippen molar-refractivity contribution in [3.8, 4) is 5.75 Å². The number of halogens is 1. The molecule has 0 aliphatic heterocycles. The minimum atomic E-state index is 0.598. The molecule has 1 N–H and O–H groups in total. The van der Waals surface area contributed by atoms with E-state index in [2.05, 4.69) is 10.3 Å². The Kier molecular flexibility index (Phi) is 3.84. The summed E-state index contributed by atoms with van der Waals surface area (Å²) in [6, 6.07) is 1.70. The molecule has 3 nitrogen and oxygen atoms in total. The van der Waals surface area contributed by atoms with Crippen LogP contribution in [0.4, 0.5) is 0 Å². The van der Waals surface area contributed by atoms with Crippen molar-refractivity contribution in [3.63, 3.8) is 0 Å². The highest BCUT2D eigenvalue weighted by Gasteiger charge is 1.98. The van der Waals surface area contributed by atoms with Crippen molar-refractivity contribution in [3.05, 3.63) is 23.5 Å². The molecule has 1 heterocycles.